The highest BCUT2D eigenvalue weighted by molar-refractivity contribution is 7.16. The van der Waals surface area contributed by atoms with Crippen LogP contribution in [0.5, 0.6) is 0 Å². The number of carboxylic acids is 1. The van der Waals surface area contributed by atoms with Gasteiger partial charge in [0.15, 0.2) is 16.8 Å². The van der Waals surface area contributed by atoms with Crippen molar-refractivity contribution in [3.63, 3.8) is 0 Å². The Morgan fingerprint density at radius 1 is 1.17 bits per heavy atom. The summed E-state index contributed by atoms with van der Waals surface area (Å²) in [5.74, 6) is -1.58. The van der Waals surface area contributed by atoms with Crippen LogP contribution in [0.1, 0.15) is 48.6 Å². The number of piperazine rings is 1. The Hall–Kier alpha value is -3.40. The number of carbonyl (C=O) groups is 1. The summed E-state index contributed by atoms with van der Waals surface area (Å²) < 4.78 is 62.8. The maximum atomic E-state index is 16.0. The first-order chi connectivity index (χ1) is 22.0. The number of thiazole rings is 1. The minimum absolute atomic E-state index is 0.00902. The molecule has 15 heteroatoms. The number of alkyl halides is 3. The number of aliphatic carboxylic acids is 1. The van der Waals surface area contributed by atoms with Gasteiger partial charge in [-0.2, -0.15) is 17.6 Å². The van der Waals surface area contributed by atoms with Crippen LogP contribution in [0.2, 0.25) is 0 Å². The average Bonchev–Trinajstić information content (AvgIpc) is 3.64. The quantitative estimate of drug-likeness (QED) is 0.231. The Kier molecular flexibility index (Phi) is 10.8. The molecule has 0 saturated carbocycles. The van der Waals surface area contributed by atoms with Crippen molar-refractivity contribution in [1.29, 1.82) is 0 Å². The maximum absolute atomic E-state index is 16.0. The molecule has 0 aliphatic carbocycles. The van der Waals surface area contributed by atoms with Gasteiger partial charge < -0.3 is 20.1 Å². The molecule has 0 bridgehead atoms. The molecule has 3 aromatic rings. The third kappa shape index (κ3) is 7.76. The summed E-state index contributed by atoms with van der Waals surface area (Å²) in [7, 11) is 1.56. The van der Waals surface area contributed by atoms with E-state index in [-0.39, 0.29) is 29.7 Å². The number of rotatable bonds is 12. The zero-order valence-electron chi connectivity index (χ0n) is 26.1. The van der Waals surface area contributed by atoms with Crippen LogP contribution in [0.25, 0.3) is 11.3 Å². The van der Waals surface area contributed by atoms with E-state index in [1.807, 2.05) is 4.90 Å². The first-order valence-corrected chi connectivity index (χ1v) is 16.2. The van der Waals surface area contributed by atoms with E-state index in [1.54, 1.807) is 18.1 Å². The van der Waals surface area contributed by atoms with Gasteiger partial charge in [0.25, 0.3) is 0 Å². The number of hydrogen-bond donors (Lipinski definition) is 2. The summed E-state index contributed by atoms with van der Waals surface area (Å²) in [6, 6.07) is 4.44. The highest BCUT2D eigenvalue weighted by Crippen LogP contribution is 2.39. The minimum Gasteiger partial charge on any atom is -0.481 e. The van der Waals surface area contributed by atoms with Gasteiger partial charge in [0, 0.05) is 56.3 Å². The summed E-state index contributed by atoms with van der Waals surface area (Å²) in [6.45, 7) is 6.94. The molecule has 4 heterocycles. The molecular weight excluding hydrogens is 626 g/mol. The van der Waals surface area contributed by atoms with Crippen LogP contribution >= 0.6 is 11.3 Å². The third-order valence-corrected chi connectivity index (χ3v) is 9.66. The molecule has 0 spiro atoms. The standard InChI is InChI=1S/C31H39F4N7O3S/c1-4-21-6-5-10-41(21)16-24-27(20-8-7-19(2)23(14-20)31(33,34)35)38-30(46-24)39-28-26(32)29(37-18-36-28)42-13-12-40(11-9-25(43)44)22(15-42)17-45-3/h7-8,14,18,21-22H,4-6,9-13,15-17H2,1-3H3,(H,43,44)(H,36,37,38,39)/t21-,22+/m1/s1. The zero-order valence-corrected chi connectivity index (χ0v) is 26.9. The predicted molar refractivity (Wildman–Crippen MR) is 168 cm³/mol. The highest BCUT2D eigenvalue weighted by atomic mass is 32.1. The van der Waals surface area contributed by atoms with E-state index >= 15 is 4.39 Å². The second kappa shape index (κ2) is 14.6. The monoisotopic (exact) mass is 665 g/mol. The normalized spacial score (nSPS) is 19.6. The number of ether oxygens (including phenoxy) is 1. The Morgan fingerprint density at radius 3 is 2.70 bits per heavy atom. The van der Waals surface area contributed by atoms with Crippen LogP contribution in [0.3, 0.4) is 0 Å². The van der Waals surface area contributed by atoms with E-state index < -0.39 is 23.5 Å². The van der Waals surface area contributed by atoms with Gasteiger partial charge in [-0.25, -0.2) is 15.0 Å². The summed E-state index contributed by atoms with van der Waals surface area (Å²) in [5.41, 5.74) is 0.183. The molecule has 46 heavy (non-hydrogen) atoms. The molecule has 2 aromatic heterocycles. The van der Waals surface area contributed by atoms with Crippen molar-refractivity contribution in [2.45, 2.75) is 64.3 Å². The van der Waals surface area contributed by atoms with Crippen LogP contribution in [0.15, 0.2) is 24.5 Å². The number of hydrogen-bond acceptors (Lipinski definition) is 10. The molecule has 1 aromatic carbocycles. The molecule has 10 nitrogen and oxygen atoms in total. The van der Waals surface area contributed by atoms with Crippen molar-refractivity contribution < 1.29 is 32.2 Å². The lowest BCUT2D eigenvalue weighted by Crippen LogP contribution is -2.55. The van der Waals surface area contributed by atoms with Crippen molar-refractivity contribution in [2.75, 3.05) is 56.7 Å². The van der Waals surface area contributed by atoms with Crippen molar-refractivity contribution in [3.05, 3.63) is 46.3 Å². The fourth-order valence-corrected chi connectivity index (χ4v) is 7.31. The molecule has 250 valence electrons. The smallest absolute Gasteiger partial charge is 0.416 e. The number of halogens is 4. The van der Waals surface area contributed by atoms with Crippen molar-refractivity contribution in [3.8, 4) is 11.3 Å². The molecule has 2 fully saturated rings. The van der Waals surface area contributed by atoms with Crippen LogP contribution in [0, 0.1) is 12.7 Å². The maximum Gasteiger partial charge on any atom is 0.416 e. The third-order valence-electron chi connectivity index (χ3n) is 8.70. The lowest BCUT2D eigenvalue weighted by Gasteiger charge is -2.41. The van der Waals surface area contributed by atoms with Crippen molar-refractivity contribution in [1.82, 2.24) is 24.8 Å². The van der Waals surface area contributed by atoms with Crippen LogP contribution in [-0.4, -0.2) is 94.4 Å². The number of methoxy groups -OCH3 is 1. The largest absolute Gasteiger partial charge is 0.481 e. The van der Waals surface area contributed by atoms with Crippen molar-refractivity contribution >= 4 is 34.1 Å². The number of benzene rings is 1. The van der Waals surface area contributed by atoms with Gasteiger partial charge >= 0.3 is 12.1 Å². The number of carboxylic acid groups (broad SMARTS) is 1. The van der Waals surface area contributed by atoms with Gasteiger partial charge in [-0.15, -0.1) is 0 Å². The predicted octanol–water partition coefficient (Wildman–Crippen LogP) is 5.80. The van der Waals surface area contributed by atoms with E-state index in [0.29, 0.717) is 61.8 Å². The molecule has 5 rings (SSSR count). The Bertz CT molecular complexity index is 1520. The molecule has 2 saturated heterocycles. The van der Waals surface area contributed by atoms with Crippen molar-refractivity contribution in [2.24, 2.45) is 0 Å². The van der Waals surface area contributed by atoms with Gasteiger partial charge in [-0.05, 0) is 44.4 Å². The van der Waals surface area contributed by atoms with Crippen LogP contribution in [0.4, 0.5) is 34.3 Å². The molecule has 0 amide bonds. The molecule has 0 radical (unpaired) electrons. The summed E-state index contributed by atoms with van der Waals surface area (Å²) >= 11 is 1.27. The van der Waals surface area contributed by atoms with Gasteiger partial charge in [0.2, 0.25) is 5.82 Å². The first-order valence-electron chi connectivity index (χ1n) is 15.4. The van der Waals surface area contributed by atoms with E-state index in [1.165, 1.54) is 30.7 Å². The lowest BCUT2D eigenvalue weighted by atomic mass is 10.0. The van der Waals surface area contributed by atoms with E-state index in [4.69, 9.17) is 9.84 Å². The Labute approximate surface area is 269 Å². The van der Waals surface area contributed by atoms with Crippen LogP contribution < -0.4 is 10.2 Å². The fraction of sp³-hybridized carbons (Fsp3) is 0.548. The van der Waals surface area contributed by atoms with Crippen LogP contribution in [-0.2, 0) is 22.3 Å². The van der Waals surface area contributed by atoms with Gasteiger partial charge in [-0.3, -0.25) is 14.6 Å². The number of anilines is 3. The summed E-state index contributed by atoms with van der Waals surface area (Å²) in [6.07, 6.45) is -0.185. The molecule has 2 aliphatic heterocycles. The topological polar surface area (TPSA) is 107 Å². The first kappa shape index (κ1) is 33.9. The summed E-state index contributed by atoms with van der Waals surface area (Å²) in [5, 5.41) is 12.4. The van der Waals surface area contributed by atoms with E-state index in [2.05, 4.69) is 32.1 Å². The number of aromatic nitrogens is 3. The SMILES string of the molecule is CC[C@@H]1CCCN1Cc1sc(Nc2ncnc(N3CCN(CCC(=O)O)[C@H](COC)C3)c2F)nc1-c1ccc(C)c(C(F)(F)F)c1. The van der Waals surface area contributed by atoms with Gasteiger partial charge in [-0.1, -0.05) is 30.4 Å². The summed E-state index contributed by atoms with van der Waals surface area (Å²) in [4.78, 5) is 31.1. The van der Waals surface area contributed by atoms with E-state index in [0.717, 1.165) is 36.8 Å². The Morgan fingerprint density at radius 2 is 1.98 bits per heavy atom. The highest BCUT2D eigenvalue weighted by Gasteiger charge is 2.34. The number of nitrogens with zero attached hydrogens (tertiary/aromatic N) is 6. The van der Waals surface area contributed by atoms with Gasteiger partial charge in [0.05, 0.1) is 30.3 Å². The lowest BCUT2D eigenvalue weighted by molar-refractivity contribution is -0.138. The second-order valence-electron chi connectivity index (χ2n) is 11.7. The molecular formula is C31H39F4N7O3S. The van der Waals surface area contributed by atoms with E-state index in [9.17, 15) is 18.0 Å². The average molecular weight is 666 g/mol. The van der Waals surface area contributed by atoms with Gasteiger partial charge in [0.1, 0.15) is 6.33 Å². The molecule has 2 N–H and O–H groups in total. The number of likely N-dealkylation sites (tertiary alicyclic amines) is 1. The molecule has 2 aliphatic rings. The molecule has 0 unspecified atom stereocenters. The molecule has 2 atom stereocenters. The Balaban J connectivity index is 1.43. The number of aryl methyl sites for hydroxylation is 1. The minimum atomic E-state index is -4.51. The zero-order chi connectivity index (χ0) is 33.0. The second-order valence-corrected chi connectivity index (χ2v) is 12.8. The fourth-order valence-electron chi connectivity index (χ4n) is 6.30. The number of nitrogens with one attached hydrogen (secondary N) is 1.